The summed E-state index contributed by atoms with van der Waals surface area (Å²) in [6, 6.07) is 10.5. The Balaban J connectivity index is 2.26. The van der Waals surface area contributed by atoms with Crippen molar-refractivity contribution >= 4 is 5.97 Å². The summed E-state index contributed by atoms with van der Waals surface area (Å²) in [5.41, 5.74) is 1.21. The smallest absolute Gasteiger partial charge is 0.332 e. The van der Waals surface area contributed by atoms with E-state index in [1.54, 1.807) is 0 Å². The maximum absolute atomic E-state index is 13.9. The van der Waals surface area contributed by atoms with E-state index in [2.05, 4.69) is 10.1 Å². The van der Waals surface area contributed by atoms with Crippen molar-refractivity contribution < 1.29 is 22.7 Å². The molecular formula is C19H18F3NO2. The van der Waals surface area contributed by atoms with Crippen LogP contribution in [0.15, 0.2) is 54.2 Å². The molecule has 0 saturated heterocycles. The van der Waals surface area contributed by atoms with E-state index in [-0.39, 0.29) is 18.0 Å². The van der Waals surface area contributed by atoms with Crippen LogP contribution in [0.2, 0.25) is 0 Å². The number of halogens is 3. The fourth-order valence-corrected chi connectivity index (χ4v) is 2.35. The van der Waals surface area contributed by atoms with Gasteiger partial charge in [0.15, 0.2) is 11.6 Å². The van der Waals surface area contributed by atoms with Gasteiger partial charge in [-0.3, -0.25) is 0 Å². The lowest BCUT2D eigenvalue weighted by molar-refractivity contribution is -0.134. The van der Waals surface area contributed by atoms with Gasteiger partial charge in [0.1, 0.15) is 5.82 Å². The lowest BCUT2D eigenvalue weighted by atomic mass is 10.1. The summed E-state index contributed by atoms with van der Waals surface area (Å²) in [4.78, 5) is 11.6. The molecule has 0 aromatic heterocycles. The molecule has 0 heterocycles. The predicted octanol–water partition coefficient (Wildman–Crippen LogP) is 4.05. The number of benzene rings is 2. The molecule has 2 rings (SSSR count). The van der Waals surface area contributed by atoms with Crippen LogP contribution in [-0.2, 0) is 16.0 Å². The number of hydrogen-bond acceptors (Lipinski definition) is 3. The second-order valence-electron chi connectivity index (χ2n) is 5.50. The molecule has 0 fully saturated rings. The summed E-state index contributed by atoms with van der Waals surface area (Å²) in [6.07, 6.45) is 1.05. The second-order valence-corrected chi connectivity index (χ2v) is 5.50. The number of allylic oxidation sites excluding steroid dienone is 1. The quantitative estimate of drug-likeness (QED) is 0.486. The first-order valence-corrected chi connectivity index (χ1v) is 7.64. The molecule has 1 N–H and O–H groups in total. The van der Waals surface area contributed by atoms with Crippen molar-refractivity contribution in [3.63, 3.8) is 0 Å². The standard InChI is InChI=1S/C19H18F3NO2/c1-12(13-6-4-3-5-7-13)23-15(10-19(24)25-2)8-14-9-17(21)18(22)11-16(14)20/h3-7,9-12,23H,8H2,1-2H3/b15-10-/t12-/m1/s1. The van der Waals surface area contributed by atoms with Gasteiger partial charge in [-0.25, -0.2) is 18.0 Å². The zero-order valence-electron chi connectivity index (χ0n) is 13.9. The van der Waals surface area contributed by atoms with E-state index in [0.717, 1.165) is 11.6 Å². The van der Waals surface area contributed by atoms with Crippen molar-refractivity contribution in [3.8, 4) is 0 Å². The Bertz CT molecular complexity index is 776. The Kier molecular flexibility index (Phi) is 6.22. The van der Waals surface area contributed by atoms with E-state index in [4.69, 9.17) is 0 Å². The molecule has 25 heavy (non-hydrogen) atoms. The third kappa shape index (κ3) is 5.11. The van der Waals surface area contributed by atoms with E-state index >= 15 is 0 Å². The number of rotatable bonds is 6. The van der Waals surface area contributed by atoms with Crippen LogP contribution in [-0.4, -0.2) is 13.1 Å². The fourth-order valence-electron chi connectivity index (χ4n) is 2.35. The minimum absolute atomic E-state index is 0.0678. The third-order valence-electron chi connectivity index (χ3n) is 3.66. The molecular weight excluding hydrogens is 331 g/mol. The molecule has 0 spiro atoms. The lowest BCUT2D eigenvalue weighted by Gasteiger charge is -2.19. The van der Waals surface area contributed by atoms with Gasteiger partial charge in [-0.1, -0.05) is 30.3 Å². The molecule has 0 saturated carbocycles. The molecule has 0 aliphatic heterocycles. The Hall–Kier alpha value is -2.76. The van der Waals surface area contributed by atoms with Crippen LogP contribution in [0.1, 0.15) is 24.1 Å². The van der Waals surface area contributed by atoms with Crippen LogP contribution in [0, 0.1) is 17.5 Å². The molecule has 0 unspecified atom stereocenters. The van der Waals surface area contributed by atoms with Crippen LogP contribution < -0.4 is 5.32 Å². The Morgan fingerprint density at radius 2 is 1.76 bits per heavy atom. The van der Waals surface area contributed by atoms with Gasteiger partial charge in [0, 0.05) is 30.3 Å². The molecule has 0 aliphatic rings. The number of esters is 1. The van der Waals surface area contributed by atoms with Gasteiger partial charge in [-0.2, -0.15) is 0 Å². The number of ether oxygens (including phenoxy) is 1. The normalized spacial score (nSPS) is 12.6. The maximum Gasteiger partial charge on any atom is 0.332 e. The molecule has 0 bridgehead atoms. The first-order valence-electron chi connectivity index (χ1n) is 7.64. The van der Waals surface area contributed by atoms with E-state index in [0.29, 0.717) is 11.8 Å². The number of hydrogen-bond donors (Lipinski definition) is 1. The van der Waals surface area contributed by atoms with Gasteiger partial charge < -0.3 is 10.1 Å². The number of methoxy groups -OCH3 is 1. The summed E-state index contributed by atoms with van der Waals surface area (Å²) < 4.78 is 45.0. The van der Waals surface area contributed by atoms with Gasteiger partial charge in [-0.15, -0.1) is 0 Å². The van der Waals surface area contributed by atoms with Crippen molar-refractivity contribution in [2.24, 2.45) is 0 Å². The topological polar surface area (TPSA) is 38.3 Å². The largest absolute Gasteiger partial charge is 0.466 e. The number of carbonyl (C=O) groups is 1. The van der Waals surface area contributed by atoms with Crippen LogP contribution in [0.4, 0.5) is 13.2 Å². The van der Waals surface area contributed by atoms with Gasteiger partial charge in [-0.05, 0) is 24.1 Å². The summed E-state index contributed by atoms with van der Waals surface area (Å²) in [7, 11) is 1.22. The van der Waals surface area contributed by atoms with Crippen LogP contribution in [0.3, 0.4) is 0 Å². The summed E-state index contributed by atoms with van der Waals surface area (Å²) in [5, 5.41) is 3.09. The number of carbonyl (C=O) groups excluding carboxylic acids is 1. The van der Waals surface area contributed by atoms with Gasteiger partial charge in [0.05, 0.1) is 7.11 Å². The third-order valence-corrected chi connectivity index (χ3v) is 3.66. The fraction of sp³-hybridized carbons (Fsp3) is 0.211. The summed E-state index contributed by atoms with van der Waals surface area (Å²) >= 11 is 0. The molecule has 3 nitrogen and oxygen atoms in total. The highest BCUT2D eigenvalue weighted by Gasteiger charge is 2.14. The average Bonchev–Trinajstić information content (AvgIpc) is 2.60. The minimum Gasteiger partial charge on any atom is -0.466 e. The Morgan fingerprint density at radius 3 is 2.40 bits per heavy atom. The van der Waals surface area contributed by atoms with Crippen molar-refractivity contribution in [1.82, 2.24) is 5.32 Å². The predicted molar refractivity (Wildman–Crippen MR) is 88.1 cm³/mol. The molecule has 2 aromatic rings. The molecule has 1 atom stereocenters. The molecule has 6 heteroatoms. The van der Waals surface area contributed by atoms with Crippen molar-refractivity contribution in [3.05, 3.63) is 82.8 Å². The highest BCUT2D eigenvalue weighted by molar-refractivity contribution is 5.82. The monoisotopic (exact) mass is 349 g/mol. The summed E-state index contributed by atoms with van der Waals surface area (Å²) in [6.45, 7) is 1.86. The van der Waals surface area contributed by atoms with Crippen molar-refractivity contribution in [1.29, 1.82) is 0 Å². The summed E-state index contributed by atoms with van der Waals surface area (Å²) in [5.74, 6) is -3.93. The highest BCUT2D eigenvalue weighted by Crippen LogP contribution is 2.19. The minimum atomic E-state index is -1.26. The highest BCUT2D eigenvalue weighted by atomic mass is 19.2. The van der Waals surface area contributed by atoms with Gasteiger partial charge in [0.25, 0.3) is 0 Å². The van der Waals surface area contributed by atoms with Crippen LogP contribution in [0.25, 0.3) is 0 Å². The zero-order valence-corrected chi connectivity index (χ0v) is 13.9. The molecule has 2 aromatic carbocycles. The van der Waals surface area contributed by atoms with Crippen molar-refractivity contribution in [2.75, 3.05) is 7.11 Å². The average molecular weight is 349 g/mol. The van der Waals surface area contributed by atoms with E-state index in [9.17, 15) is 18.0 Å². The molecule has 0 amide bonds. The number of nitrogens with one attached hydrogen (secondary N) is 1. The Morgan fingerprint density at radius 1 is 1.12 bits per heavy atom. The van der Waals surface area contributed by atoms with E-state index < -0.39 is 23.4 Å². The van der Waals surface area contributed by atoms with Crippen molar-refractivity contribution in [2.45, 2.75) is 19.4 Å². The van der Waals surface area contributed by atoms with Gasteiger partial charge in [0.2, 0.25) is 0 Å². The van der Waals surface area contributed by atoms with Crippen LogP contribution in [0.5, 0.6) is 0 Å². The lowest BCUT2D eigenvalue weighted by Crippen LogP contribution is -2.21. The van der Waals surface area contributed by atoms with E-state index in [1.165, 1.54) is 13.2 Å². The first-order chi connectivity index (χ1) is 11.9. The van der Waals surface area contributed by atoms with Gasteiger partial charge >= 0.3 is 5.97 Å². The molecule has 132 valence electrons. The molecule has 0 aliphatic carbocycles. The van der Waals surface area contributed by atoms with E-state index in [1.807, 2.05) is 37.3 Å². The zero-order chi connectivity index (χ0) is 18.4. The maximum atomic E-state index is 13.9. The Labute approximate surface area is 144 Å². The van der Waals surface area contributed by atoms with Crippen LogP contribution >= 0.6 is 0 Å². The second kappa shape index (κ2) is 8.37. The SMILES string of the molecule is COC(=O)/C=C(/Cc1cc(F)c(F)cc1F)N[C@H](C)c1ccccc1. The first kappa shape index (κ1) is 18.6. The molecule has 0 radical (unpaired) electrons.